The van der Waals surface area contributed by atoms with Crippen LogP contribution in [-0.4, -0.2) is 11.9 Å². The minimum Gasteiger partial charge on any atom is -0.497 e. The Morgan fingerprint density at radius 3 is 2.80 bits per heavy atom. The van der Waals surface area contributed by atoms with Crippen molar-refractivity contribution in [3.8, 4) is 5.75 Å². The first-order valence-electron chi connectivity index (χ1n) is 5.53. The van der Waals surface area contributed by atoms with Gasteiger partial charge >= 0.3 is 0 Å². The molecule has 1 aromatic carbocycles. The normalized spacial score (nSPS) is 12.5. The summed E-state index contributed by atoms with van der Waals surface area (Å²) in [6.07, 6.45) is 4.81. The van der Waals surface area contributed by atoms with Gasteiger partial charge in [0.15, 0.2) is 0 Å². The van der Waals surface area contributed by atoms with Gasteiger partial charge in [-0.3, -0.25) is 0 Å². The first-order chi connectivity index (χ1) is 7.26. The monoisotopic (exact) mass is 270 g/mol. The molecule has 0 aromatic heterocycles. The molecule has 0 amide bonds. The highest BCUT2D eigenvalue weighted by Gasteiger charge is 2.03. The average Bonchev–Trinajstić information content (AvgIpc) is 2.27. The van der Waals surface area contributed by atoms with Crippen molar-refractivity contribution in [1.29, 1.82) is 0 Å². The number of aryl methyl sites for hydroxylation is 1. The molecule has 1 aromatic rings. The molecule has 1 rings (SSSR count). The van der Waals surface area contributed by atoms with Crippen LogP contribution in [-0.2, 0) is 6.42 Å². The molecule has 0 N–H and O–H groups in total. The number of hydrogen-bond acceptors (Lipinski definition) is 1. The van der Waals surface area contributed by atoms with Gasteiger partial charge in [0.1, 0.15) is 5.75 Å². The molecule has 0 saturated heterocycles. The number of alkyl halides is 1. The maximum atomic E-state index is 5.20. The van der Waals surface area contributed by atoms with E-state index in [-0.39, 0.29) is 0 Å². The second-order valence-corrected chi connectivity index (χ2v) is 5.07. The summed E-state index contributed by atoms with van der Waals surface area (Å²) in [6, 6.07) is 8.32. The zero-order valence-corrected chi connectivity index (χ0v) is 11.1. The Bertz CT molecular complexity index is 286. The summed E-state index contributed by atoms with van der Waals surface area (Å²) >= 11 is 3.70. The van der Waals surface area contributed by atoms with E-state index in [0.29, 0.717) is 4.83 Å². The van der Waals surface area contributed by atoms with Crippen LogP contribution in [0.1, 0.15) is 31.7 Å². The lowest BCUT2D eigenvalue weighted by Crippen LogP contribution is -1.99. The van der Waals surface area contributed by atoms with E-state index in [2.05, 4.69) is 41.1 Å². The molecule has 0 bridgehead atoms. The molecule has 0 fully saturated rings. The van der Waals surface area contributed by atoms with Crippen molar-refractivity contribution in [3.05, 3.63) is 29.8 Å². The van der Waals surface area contributed by atoms with Gasteiger partial charge in [-0.25, -0.2) is 0 Å². The average molecular weight is 271 g/mol. The van der Waals surface area contributed by atoms with Crippen LogP contribution in [0.25, 0.3) is 0 Å². The number of methoxy groups -OCH3 is 1. The van der Waals surface area contributed by atoms with E-state index >= 15 is 0 Å². The van der Waals surface area contributed by atoms with Crippen molar-refractivity contribution < 1.29 is 4.74 Å². The Hall–Kier alpha value is -0.500. The summed E-state index contributed by atoms with van der Waals surface area (Å²) in [5.74, 6) is 0.953. The summed E-state index contributed by atoms with van der Waals surface area (Å²) in [5.41, 5.74) is 1.36. The van der Waals surface area contributed by atoms with Gasteiger partial charge in [-0.15, -0.1) is 0 Å². The zero-order chi connectivity index (χ0) is 11.1. The Balaban J connectivity index is 2.43. The highest BCUT2D eigenvalue weighted by molar-refractivity contribution is 9.09. The molecule has 0 spiro atoms. The molecule has 84 valence electrons. The first kappa shape index (κ1) is 12.6. The first-order valence-corrected chi connectivity index (χ1v) is 6.44. The summed E-state index contributed by atoms with van der Waals surface area (Å²) in [6.45, 7) is 2.22. The fourth-order valence-corrected chi connectivity index (χ4v) is 2.30. The summed E-state index contributed by atoms with van der Waals surface area (Å²) < 4.78 is 5.20. The number of benzene rings is 1. The van der Waals surface area contributed by atoms with Gasteiger partial charge in [-0.1, -0.05) is 41.4 Å². The molecule has 0 aliphatic rings. The number of hydrogen-bond donors (Lipinski definition) is 0. The SMILES string of the molecule is CCCC(Br)CCc1cccc(OC)c1. The summed E-state index contributed by atoms with van der Waals surface area (Å²) in [5, 5.41) is 0. The quantitative estimate of drug-likeness (QED) is 0.705. The van der Waals surface area contributed by atoms with Crippen LogP contribution in [0.5, 0.6) is 5.75 Å². The van der Waals surface area contributed by atoms with Crippen molar-refractivity contribution in [2.24, 2.45) is 0 Å². The van der Waals surface area contributed by atoms with Gasteiger partial charge in [-0.05, 0) is 37.0 Å². The molecule has 0 aliphatic carbocycles. The van der Waals surface area contributed by atoms with Crippen molar-refractivity contribution in [3.63, 3.8) is 0 Å². The standard InChI is InChI=1S/C13H19BrO/c1-3-5-12(14)9-8-11-6-4-7-13(10-11)15-2/h4,6-7,10,12H,3,5,8-9H2,1-2H3. The Morgan fingerprint density at radius 2 is 2.13 bits per heavy atom. The molecule has 1 nitrogen and oxygen atoms in total. The van der Waals surface area contributed by atoms with E-state index in [1.54, 1.807) is 7.11 Å². The van der Waals surface area contributed by atoms with Crippen LogP contribution in [0.15, 0.2) is 24.3 Å². The third kappa shape index (κ3) is 4.70. The molecular weight excluding hydrogens is 252 g/mol. The fraction of sp³-hybridized carbons (Fsp3) is 0.538. The maximum Gasteiger partial charge on any atom is 0.119 e. The Labute approximate surface area is 101 Å². The van der Waals surface area contributed by atoms with E-state index in [0.717, 1.165) is 12.2 Å². The predicted octanol–water partition coefficient (Wildman–Crippen LogP) is 4.19. The van der Waals surface area contributed by atoms with E-state index in [1.807, 2.05) is 6.07 Å². The highest BCUT2D eigenvalue weighted by atomic mass is 79.9. The number of rotatable bonds is 6. The third-order valence-electron chi connectivity index (χ3n) is 2.48. The molecule has 2 heteroatoms. The van der Waals surface area contributed by atoms with Gasteiger partial charge < -0.3 is 4.74 Å². The molecule has 0 aliphatic heterocycles. The van der Waals surface area contributed by atoms with E-state index < -0.39 is 0 Å². The summed E-state index contributed by atoms with van der Waals surface area (Å²) in [4.78, 5) is 0.647. The molecule has 1 unspecified atom stereocenters. The van der Waals surface area contributed by atoms with Crippen LogP contribution in [0, 0.1) is 0 Å². The third-order valence-corrected chi connectivity index (χ3v) is 3.40. The van der Waals surface area contributed by atoms with E-state index in [4.69, 9.17) is 4.74 Å². The highest BCUT2D eigenvalue weighted by Crippen LogP contribution is 2.18. The molecular formula is C13H19BrO. The number of ether oxygens (including phenoxy) is 1. The van der Waals surface area contributed by atoms with Crippen LogP contribution in [0.4, 0.5) is 0 Å². The van der Waals surface area contributed by atoms with E-state index in [1.165, 1.54) is 24.8 Å². The molecule has 0 heterocycles. The van der Waals surface area contributed by atoms with Crippen LogP contribution in [0.2, 0.25) is 0 Å². The lowest BCUT2D eigenvalue weighted by molar-refractivity contribution is 0.414. The molecule has 0 saturated carbocycles. The second kappa shape index (κ2) is 6.89. The van der Waals surface area contributed by atoms with Gasteiger partial charge in [0.25, 0.3) is 0 Å². The van der Waals surface area contributed by atoms with Crippen LogP contribution in [0.3, 0.4) is 0 Å². The largest absolute Gasteiger partial charge is 0.497 e. The van der Waals surface area contributed by atoms with Gasteiger partial charge in [-0.2, -0.15) is 0 Å². The lowest BCUT2D eigenvalue weighted by atomic mass is 10.1. The van der Waals surface area contributed by atoms with Crippen molar-refractivity contribution in [2.75, 3.05) is 7.11 Å². The van der Waals surface area contributed by atoms with Crippen molar-refractivity contribution in [1.82, 2.24) is 0 Å². The maximum absolute atomic E-state index is 5.20. The van der Waals surface area contributed by atoms with Crippen molar-refractivity contribution in [2.45, 2.75) is 37.4 Å². The Morgan fingerprint density at radius 1 is 1.33 bits per heavy atom. The molecule has 0 radical (unpaired) electrons. The number of halogens is 1. The van der Waals surface area contributed by atoms with Crippen molar-refractivity contribution >= 4 is 15.9 Å². The van der Waals surface area contributed by atoms with Gasteiger partial charge in [0.05, 0.1) is 7.11 Å². The fourth-order valence-electron chi connectivity index (χ4n) is 1.61. The summed E-state index contributed by atoms with van der Waals surface area (Å²) in [7, 11) is 1.71. The lowest BCUT2D eigenvalue weighted by Gasteiger charge is -2.08. The topological polar surface area (TPSA) is 9.23 Å². The van der Waals surface area contributed by atoms with Gasteiger partial charge in [0.2, 0.25) is 0 Å². The van der Waals surface area contributed by atoms with Crippen LogP contribution < -0.4 is 4.74 Å². The minimum absolute atomic E-state index is 0.647. The van der Waals surface area contributed by atoms with E-state index in [9.17, 15) is 0 Å². The smallest absolute Gasteiger partial charge is 0.119 e. The zero-order valence-electron chi connectivity index (χ0n) is 9.50. The predicted molar refractivity (Wildman–Crippen MR) is 68.9 cm³/mol. The van der Waals surface area contributed by atoms with Gasteiger partial charge in [0, 0.05) is 4.83 Å². The molecule has 1 atom stereocenters. The van der Waals surface area contributed by atoms with Crippen LogP contribution >= 0.6 is 15.9 Å². The molecule has 15 heavy (non-hydrogen) atoms. The Kier molecular flexibility index (Phi) is 5.77. The minimum atomic E-state index is 0.647. The second-order valence-electron chi connectivity index (χ2n) is 3.78.